The lowest BCUT2D eigenvalue weighted by Gasteiger charge is -2.36. The van der Waals surface area contributed by atoms with Crippen LogP contribution in [0.15, 0.2) is 24.7 Å². The fraction of sp³-hybridized carbons (Fsp3) is 0.533. The fourth-order valence-corrected chi connectivity index (χ4v) is 3.38. The molecule has 0 unspecified atom stereocenters. The van der Waals surface area contributed by atoms with Gasteiger partial charge in [-0.15, -0.1) is 17.5 Å². The molecule has 7 nitrogen and oxygen atoms in total. The third-order valence-electron chi connectivity index (χ3n) is 4.33. The molecule has 2 heterocycles. The van der Waals surface area contributed by atoms with Gasteiger partial charge in [0, 0.05) is 12.6 Å². The van der Waals surface area contributed by atoms with Crippen LogP contribution in [0.1, 0.15) is 38.5 Å². The highest BCUT2D eigenvalue weighted by Gasteiger charge is 2.35. The largest absolute Gasteiger partial charge is 0.311 e. The molecular weight excluding hydrogens is 351 g/mol. The van der Waals surface area contributed by atoms with Crippen LogP contribution in [0.3, 0.4) is 0 Å². The standard InChI is InChI=1S/C15H19ClN6O.ClH/c16-12-4-5-13(17-9-12)19-14(23)8-15(6-2-1-3-7-15)10-22-11-18-20-21-22;/h4-5,9,11H,1-3,6-8,10H2,(H,17,19,23);1H. The van der Waals surface area contributed by atoms with Gasteiger partial charge in [-0.3, -0.25) is 4.79 Å². The number of hydrogen-bond donors (Lipinski definition) is 1. The third-order valence-corrected chi connectivity index (χ3v) is 4.56. The summed E-state index contributed by atoms with van der Waals surface area (Å²) in [6.45, 7) is 0.668. The number of tetrazole rings is 1. The van der Waals surface area contributed by atoms with Gasteiger partial charge in [0.15, 0.2) is 0 Å². The minimum absolute atomic E-state index is 0. The maximum absolute atomic E-state index is 12.5. The summed E-state index contributed by atoms with van der Waals surface area (Å²) in [5.41, 5.74) is -0.0931. The smallest absolute Gasteiger partial charge is 0.226 e. The first-order valence-electron chi connectivity index (χ1n) is 7.77. The van der Waals surface area contributed by atoms with Gasteiger partial charge in [0.1, 0.15) is 12.1 Å². The molecule has 1 saturated carbocycles. The Morgan fingerprint density at radius 2 is 2.08 bits per heavy atom. The summed E-state index contributed by atoms with van der Waals surface area (Å²) in [5.74, 6) is 0.488. The van der Waals surface area contributed by atoms with E-state index in [1.165, 1.54) is 12.6 Å². The second kappa shape index (κ2) is 8.39. The quantitative estimate of drug-likeness (QED) is 0.873. The van der Waals surface area contributed by atoms with E-state index in [4.69, 9.17) is 11.6 Å². The molecule has 1 fully saturated rings. The van der Waals surface area contributed by atoms with Crippen molar-refractivity contribution in [3.8, 4) is 0 Å². The van der Waals surface area contributed by atoms with Gasteiger partial charge in [-0.25, -0.2) is 9.67 Å². The molecule has 0 aliphatic heterocycles. The molecule has 0 radical (unpaired) electrons. The Hall–Kier alpha value is -1.73. The van der Waals surface area contributed by atoms with Crippen LogP contribution in [-0.2, 0) is 11.3 Å². The van der Waals surface area contributed by atoms with E-state index >= 15 is 0 Å². The summed E-state index contributed by atoms with van der Waals surface area (Å²) in [6, 6.07) is 3.41. The highest BCUT2D eigenvalue weighted by Crippen LogP contribution is 2.40. The van der Waals surface area contributed by atoms with Crippen LogP contribution in [0.25, 0.3) is 0 Å². The lowest BCUT2D eigenvalue weighted by Crippen LogP contribution is -2.34. The number of hydrogen-bond acceptors (Lipinski definition) is 5. The molecule has 3 rings (SSSR count). The number of nitrogens with one attached hydrogen (secondary N) is 1. The number of carbonyl (C=O) groups is 1. The Morgan fingerprint density at radius 1 is 1.29 bits per heavy atom. The molecule has 9 heteroatoms. The molecule has 1 amide bonds. The van der Waals surface area contributed by atoms with Crippen molar-refractivity contribution in [2.24, 2.45) is 5.41 Å². The van der Waals surface area contributed by atoms with Crippen LogP contribution < -0.4 is 5.32 Å². The lowest BCUT2D eigenvalue weighted by atomic mass is 9.71. The average Bonchev–Trinajstić information content (AvgIpc) is 3.03. The van der Waals surface area contributed by atoms with Crippen LogP contribution in [0.5, 0.6) is 0 Å². The summed E-state index contributed by atoms with van der Waals surface area (Å²) in [7, 11) is 0. The van der Waals surface area contributed by atoms with E-state index in [1.807, 2.05) is 0 Å². The van der Waals surface area contributed by atoms with Gasteiger partial charge in [0.05, 0.1) is 11.6 Å². The van der Waals surface area contributed by atoms with Gasteiger partial charge in [0.25, 0.3) is 0 Å². The van der Waals surface area contributed by atoms with Crippen molar-refractivity contribution in [1.82, 2.24) is 25.2 Å². The second-order valence-corrected chi connectivity index (χ2v) is 6.59. The zero-order valence-electron chi connectivity index (χ0n) is 13.2. The zero-order valence-corrected chi connectivity index (χ0v) is 14.8. The molecule has 24 heavy (non-hydrogen) atoms. The van der Waals surface area contributed by atoms with Crippen molar-refractivity contribution in [2.45, 2.75) is 45.1 Å². The Balaban J connectivity index is 0.00000208. The Morgan fingerprint density at radius 3 is 2.71 bits per heavy atom. The number of carbonyl (C=O) groups excluding carboxylic acids is 1. The summed E-state index contributed by atoms with van der Waals surface area (Å²) >= 11 is 5.81. The Kier molecular flexibility index (Phi) is 6.51. The number of pyridine rings is 1. The third kappa shape index (κ3) is 4.88. The molecule has 0 saturated heterocycles. The number of anilines is 1. The molecule has 130 valence electrons. The van der Waals surface area contributed by atoms with Crippen molar-refractivity contribution in [1.29, 1.82) is 0 Å². The van der Waals surface area contributed by atoms with E-state index in [-0.39, 0.29) is 23.7 Å². The van der Waals surface area contributed by atoms with Crippen LogP contribution >= 0.6 is 24.0 Å². The molecule has 0 aromatic carbocycles. The number of aromatic nitrogens is 5. The molecule has 0 atom stereocenters. The second-order valence-electron chi connectivity index (χ2n) is 6.15. The Labute approximate surface area is 151 Å². The van der Waals surface area contributed by atoms with Crippen molar-refractivity contribution >= 4 is 35.7 Å². The number of halogens is 2. The van der Waals surface area contributed by atoms with Crippen LogP contribution in [0, 0.1) is 5.41 Å². The summed E-state index contributed by atoms with van der Waals surface area (Å²) < 4.78 is 1.72. The number of rotatable bonds is 5. The van der Waals surface area contributed by atoms with E-state index in [9.17, 15) is 4.79 Å². The lowest BCUT2D eigenvalue weighted by molar-refractivity contribution is -0.119. The van der Waals surface area contributed by atoms with Crippen molar-refractivity contribution in [3.05, 3.63) is 29.7 Å². The topological polar surface area (TPSA) is 85.6 Å². The minimum Gasteiger partial charge on any atom is -0.311 e. The molecule has 2 aromatic heterocycles. The predicted molar refractivity (Wildman–Crippen MR) is 93.1 cm³/mol. The SMILES string of the molecule is Cl.O=C(CC1(Cn2cnnn2)CCCCC1)Nc1ccc(Cl)cn1. The van der Waals surface area contributed by atoms with Crippen molar-refractivity contribution in [3.63, 3.8) is 0 Å². The maximum Gasteiger partial charge on any atom is 0.226 e. The zero-order chi connectivity index (χ0) is 16.1. The van der Waals surface area contributed by atoms with Gasteiger partial charge >= 0.3 is 0 Å². The molecule has 1 N–H and O–H groups in total. The van der Waals surface area contributed by atoms with Gasteiger partial charge in [-0.2, -0.15) is 0 Å². The highest BCUT2D eigenvalue weighted by molar-refractivity contribution is 6.30. The molecule has 0 spiro atoms. The predicted octanol–water partition coefficient (Wildman–Crippen LogP) is 3.12. The van der Waals surface area contributed by atoms with Crippen molar-refractivity contribution in [2.75, 3.05) is 5.32 Å². The van der Waals surface area contributed by atoms with Crippen LogP contribution in [0.4, 0.5) is 5.82 Å². The van der Waals surface area contributed by atoms with E-state index in [0.29, 0.717) is 23.8 Å². The average molecular weight is 371 g/mol. The highest BCUT2D eigenvalue weighted by atomic mass is 35.5. The normalized spacial score (nSPS) is 16.2. The molecule has 0 bridgehead atoms. The summed E-state index contributed by atoms with van der Waals surface area (Å²) in [5, 5.41) is 14.7. The monoisotopic (exact) mass is 370 g/mol. The maximum atomic E-state index is 12.5. The summed E-state index contributed by atoms with van der Waals surface area (Å²) in [4.78, 5) is 16.6. The van der Waals surface area contributed by atoms with Gasteiger partial charge < -0.3 is 5.32 Å². The molecule has 2 aromatic rings. The molecular formula is C15H20Cl2N6O. The van der Waals surface area contributed by atoms with E-state index in [0.717, 1.165) is 25.7 Å². The minimum atomic E-state index is -0.0931. The number of nitrogens with zero attached hydrogens (tertiary/aromatic N) is 5. The first-order valence-corrected chi connectivity index (χ1v) is 8.15. The van der Waals surface area contributed by atoms with Crippen LogP contribution in [-0.4, -0.2) is 31.1 Å². The van der Waals surface area contributed by atoms with Gasteiger partial charge in [-0.05, 0) is 40.8 Å². The van der Waals surface area contributed by atoms with E-state index in [2.05, 4.69) is 25.8 Å². The first-order chi connectivity index (χ1) is 11.2. The van der Waals surface area contributed by atoms with Crippen molar-refractivity contribution < 1.29 is 4.79 Å². The Bertz CT molecular complexity index is 640. The summed E-state index contributed by atoms with van der Waals surface area (Å²) in [6.07, 6.45) is 9.07. The molecule has 1 aliphatic carbocycles. The van der Waals surface area contributed by atoms with E-state index in [1.54, 1.807) is 23.1 Å². The number of amides is 1. The van der Waals surface area contributed by atoms with Gasteiger partial charge in [-0.1, -0.05) is 30.9 Å². The van der Waals surface area contributed by atoms with E-state index < -0.39 is 0 Å². The van der Waals surface area contributed by atoms with Crippen LogP contribution in [0.2, 0.25) is 5.02 Å². The fourth-order valence-electron chi connectivity index (χ4n) is 3.27. The first kappa shape index (κ1) is 18.6. The molecule has 1 aliphatic rings. The van der Waals surface area contributed by atoms with Gasteiger partial charge in [0.2, 0.25) is 5.91 Å².